The van der Waals surface area contributed by atoms with Crippen molar-refractivity contribution in [2.75, 3.05) is 14.2 Å². The Hall–Kier alpha value is -1.16. The third kappa shape index (κ3) is 2.45. The summed E-state index contributed by atoms with van der Waals surface area (Å²) in [5.41, 5.74) is 1.44. The maximum absolute atomic E-state index is 11.2. The molecule has 3 nitrogen and oxygen atoms in total. The maximum atomic E-state index is 11.2. The molecular weight excluding hydrogens is 212 g/mol. The fraction of sp³-hybridized carbons (Fsp3) is 0.364. The molecule has 1 aromatic rings. The van der Waals surface area contributed by atoms with Gasteiger partial charge in [-0.15, -0.1) is 12.6 Å². The van der Waals surface area contributed by atoms with Crippen LogP contribution in [0.5, 0.6) is 11.5 Å². The van der Waals surface area contributed by atoms with Gasteiger partial charge in [-0.2, -0.15) is 0 Å². The molecule has 0 aliphatic rings. The predicted molar refractivity (Wildman–Crippen MR) is 62.2 cm³/mol. The minimum Gasteiger partial charge on any atom is -0.496 e. The number of ether oxygens (including phenoxy) is 2. The van der Waals surface area contributed by atoms with E-state index in [1.807, 2.05) is 6.92 Å². The topological polar surface area (TPSA) is 35.5 Å². The Labute approximate surface area is 94.8 Å². The van der Waals surface area contributed by atoms with E-state index < -0.39 is 0 Å². The van der Waals surface area contributed by atoms with Crippen LogP contribution in [0.25, 0.3) is 0 Å². The summed E-state index contributed by atoms with van der Waals surface area (Å²) in [5.74, 6) is 1.22. The number of carbonyl (C=O) groups is 1. The van der Waals surface area contributed by atoms with Gasteiger partial charge in [0, 0.05) is 6.07 Å². The highest BCUT2D eigenvalue weighted by atomic mass is 32.1. The quantitative estimate of drug-likeness (QED) is 0.800. The lowest BCUT2D eigenvalue weighted by Crippen LogP contribution is -2.00. The van der Waals surface area contributed by atoms with Crippen molar-refractivity contribution in [2.45, 2.75) is 13.3 Å². The van der Waals surface area contributed by atoms with Crippen LogP contribution in [0.4, 0.5) is 0 Å². The van der Waals surface area contributed by atoms with Crippen LogP contribution in [0.1, 0.15) is 22.8 Å². The van der Waals surface area contributed by atoms with Crippen LogP contribution < -0.4 is 9.47 Å². The number of carbonyl (C=O) groups excluding carboxylic acids is 1. The predicted octanol–water partition coefficient (Wildman–Crippen LogP) is 2.34. The number of rotatable bonds is 4. The summed E-state index contributed by atoms with van der Waals surface area (Å²) in [4.78, 5) is 11.2. The summed E-state index contributed by atoms with van der Waals surface area (Å²) in [6.45, 7) is 2.00. The Kier molecular flexibility index (Phi) is 4.03. The van der Waals surface area contributed by atoms with Gasteiger partial charge in [0.05, 0.1) is 19.8 Å². The van der Waals surface area contributed by atoms with Crippen molar-refractivity contribution in [3.05, 3.63) is 23.3 Å². The van der Waals surface area contributed by atoms with Crippen LogP contribution in [-0.2, 0) is 6.42 Å². The van der Waals surface area contributed by atoms with E-state index in [4.69, 9.17) is 9.47 Å². The zero-order valence-electron chi connectivity index (χ0n) is 9.03. The molecule has 0 unspecified atom stereocenters. The maximum Gasteiger partial charge on any atom is 0.220 e. The SMILES string of the molecule is CCc1cc(C(=O)S)c(OC)cc1OC. The smallest absolute Gasteiger partial charge is 0.220 e. The molecule has 0 aromatic heterocycles. The van der Waals surface area contributed by atoms with E-state index in [2.05, 4.69) is 12.6 Å². The Morgan fingerprint density at radius 1 is 1.27 bits per heavy atom. The van der Waals surface area contributed by atoms with Crippen molar-refractivity contribution in [1.82, 2.24) is 0 Å². The van der Waals surface area contributed by atoms with Gasteiger partial charge in [0.15, 0.2) is 0 Å². The van der Waals surface area contributed by atoms with Gasteiger partial charge in [-0.25, -0.2) is 0 Å². The Morgan fingerprint density at radius 3 is 2.27 bits per heavy atom. The number of aryl methyl sites for hydroxylation is 1. The van der Waals surface area contributed by atoms with E-state index in [-0.39, 0.29) is 5.12 Å². The van der Waals surface area contributed by atoms with Gasteiger partial charge in [0.2, 0.25) is 5.12 Å². The van der Waals surface area contributed by atoms with Crippen LogP contribution in [0.15, 0.2) is 12.1 Å². The zero-order chi connectivity index (χ0) is 11.4. The molecule has 0 atom stereocenters. The van der Waals surface area contributed by atoms with Crippen LogP contribution >= 0.6 is 12.6 Å². The van der Waals surface area contributed by atoms with Crippen LogP contribution in [-0.4, -0.2) is 19.3 Å². The first-order valence-electron chi connectivity index (χ1n) is 4.62. The van der Waals surface area contributed by atoms with Crippen molar-refractivity contribution in [3.8, 4) is 11.5 Å². The number of methoxy groups -OCH3 is 2. The molecule has 4 heteroatoms. The minimum atomic E-state index is -0.302. The first-order chi connectivity index (χ1) is 7.13. The van der Waals surface area contributed by atoms with Crippen molar-refractivity contribution in [1.29, 1.82) is 0 Å². The lowest BCUT2D eigenvalue weighted by Gasteiger charge is -2.11. The molecule has 0 aliphatic carbocycles. The molecule has 0 spiro atoms. The lowest BCUT2D eigenvalue weighted by molar-refractivity contribution is 0.108. The number of thiol groups is 1. The fourth-order valence-corrected chi connectivity index (χ4v) is 1.58. The molecule has 0 aliphatic heterocycles. The van der Waals surface area contributed by atoms with E-state index in [9.17, 15) is 4.79 Å². The Morgan fingerprint density at radius 2 is 1.87 bits per heavy atom. The summed E-state index contributed by atoms with van der Waals surface area (Å²) >= 11 is 3.80. The fourth-order valence-electron chi connectivity index (χ4n) is 1.41. The average molecular weight is 226 g/mol. The summed E-state index contributed by atoms with van der Waals surface area (Å²) in [6.07, 6.45) is 0.793. The van der Waals surface area contributed by atoms with Crippen molar-refractivity contribution >= 4 is 17.7 Å². The molecule has 0 bridgehead atoms. The number of hydrogen-bond donors (Lipinski definition) is 1. The average Bonchev–Trinajstić information content (AvgIpc) is 2.26. The third-order valence-electron chi connectivity index (χ3n) is 2.21. The summed E-state index contributed by atoms with van der Waals surface area (Å²) < 4.78 is 10.3. The largest absolute Gasteiger partial charge is 0.496 e. The molecule has 0 amide bonds. The molecule has 0 fully saturated rings. The normalized spacial score (nSPS) is 9.87. The van der Waals surface area contributed by atoms with E-state index >= 15 is 0 Å². The first-order valence-corrected chi connectivity index (χ1v) is 5.07. The second-order valence-corrected chi connectivity index (χ2v) is 3.43. The van der Waals surface area contributed by atoms with Crippen LogP contribution in [0.2, 0.25) is 0 Å². The highest BCUT2D eigenvalue weighted by Crippen LogP contribution is 2.30. The minimum absolute atomic E-state index is 0.302. The highest BCUT2D eigenvalue weighted by molar-refractivity contribution is 7.97. The molecule has 0 saturated carbocycles. The molecule has 1 rings (SSSR count). The van der Waals surface area contributed by atoms with Crippen molar-refractivity contribution in [2.24, 2.45) is 0 Å². The molecule has 1 aromatic carbocycles. The standard InChI is InChI=1S/C11H14O3S/c1-4-7-5-8(11(12)15)10(14-3)6-9(7)13-2/h5-6H,4H2,1-3H3,(H,12,15). The lowest BCUT2D eigenvalue weighted by atomic mass is 10.1. The molecule has 82 valence electrons. The zero-order valence-corrected chi connectivity index (χ0v) is 9.93. The van der Waals surface area contributed by atoms with Gasteiger partial charge in [-0.05, 0) is 18.1 Å². The molecule has 0 saturated heterocycles. The Bertz CT molecular complexity index is 374. The van der Waals surface area contributed by atoms with Gasteiger partial charge >= 0.3 is 0 Å². The van der Waals surface area contributed by atoms with Crippen LogP contribution in [0, 0.1) is 0 Å². The van der Waals surface area contributed by atoms with Gasteiger partial charge in [-0.1, -0.05) is 6.92 Å². The summed E-state index contributed by atoms with van der Waals surface area (Å²) in [5, 5.41) is -0.302. The van der Waals surface area contributed by atoms with Crippen molar-refractivity contribution in [3.63, 3.8) is 0 Å². The first kappa shape index (κ1) is 11.9. The second-order valence-electron chi connectivity index (χ2n) is 3.02. The van der Waals surface area contributed by atoms with E-state index in [1.165, 1.54) is 7.11 Å². The molecular formula is C11H14O3S. The Balaban J connectivity index is 3.34. The highest BCUT2D eigenvalue weighted by Gasteiger charge is 2.13. The monoisotopic (exact) mass is 226 g/mol. The third-order valence-corrected chi connectivity index (χ3v) is 2.45. The van der Waals surface area contributed by atoms with Crippen LogP contribution in [0.3, 0.4) is 0 Å². The number of hydrogen-bond acceptors (Lipinski definition) is 3. The number of benzene rings is 1. The van der Waals surface area contributed by atoms with Gasteiger partial charge in [0.25, 0.3) is 0 Å². The molecule has 0 radical (unpaired) electrons. The molecule has 15 heavy (non-hydrogen) atoms. The van der Waals surface area contributed by atoms with Crippen molar-refractivity contribution < 1.29 is 14.3 Å². The summed E-state index contributed by atoms with van der Waals surface area (Å²) in [6, 6.07) is 3.47. The van der Waals surface area contributed by atoms with Gasteiger partial charge in [0.1, 0.15) is 11.5 Å². The van der Waals surface area contributed by atoms with Gasteiger partial charge in [-0.3, -0.25) is 4.79 Å². The molecule has 0 heterocycles. The summed E-state index contributed by atoms with van der Waals surface area (Å²) in [7, 11) is 3.11. The van der Waals surface area contributed by atoms with E-state index in [1.54, 1.807) is 19.2 Å². The van der Waals surface area contributed by atoms with E-state index in [0.29, 0.717) is 11.3 Å². The molecule has 0 N–H and O–H groups in total. The second kappa shape index (κ2) is 5.07. The van der Waals surface area contributed by atoms with E-state index in [0.717, 1.165) is 17.7 Å². The van der Waals surface area contributed by atoms with Gasteiger partial charge < -0.3 is 9.47 Å².